The minimum Gasteiger partial charge on any atom is -0.480 e. The van der Waals surface area contributed by atoms with E-state index >= 15 is 0 Å². The Morgan fingerprint density at radius 1 is 1.10 bits per heavy atom. The quantitative estimate of drug-likeness (QED) is 0.766. The van der Waals surface area contributed by atoms with Crippen LogP contribution in [-0.2, 0) is 30.9 Å². The first-order valence-corrected chi connectivity index (χ1v) is 9.55. The van der Waals surface area contributed by atoms with Crippen LogP contribution in [-0.4, -0.2) is 50.9 Å². The molecule has 0 amide bonds. The van der Waals surface area contributed by atoms with Gasteiger partial charge in [-0.25, -0.2) is 16.8 Å². The van der Waals surface area contributed by atoms with E-state index in [-0.39, 0.29) is 6.42 Å². The van der Waals surface area contributed by atoms with Crippen molar-refractivity contribution in [3.63, 3.8) is 0 Å². The van der Waals surface area contributed by atoms with E-state index in [0.29, 0.717) is 5.56 Å². The van der Waals surface area contributed by atoms with Crippen molar-refractivity contribution in [2.24, 2.45) is 0 Å². The number of benzene rings is 1. The summed E-state index contributed by atoms with van der Waals surface area (Å²) in [5.74, 6) is -2.73. The maximum atomic E-state index is 12.0. The number of sulfone groups is 2. The van der Waals surface area contributed by atoms with E-state index in [1.54, 1.807) is 30.3 Å². The Balaban J connectivity index is 2.93. The molecule has 1 aromatic rings. The number of carboxylic acids is 1. The monoisotopic (exact) mass is 320 g/mol. The van der Waals surface area contributed by atoms with E-state index in [9.17, 15) is 21.6 Å². The molecule has 1 aromatic carbocycles. The molecule has 0 aliphatic heterocycles. The molecule has 0 saturated carbocycles. The molecule has 0 bridgehead atoms. The van der Waals surface area contributed by atoms with Gasteiger partial charge in [-0.2, -0.15) is 0 Å². The zero-order valence-corrected chi connectivity index (χ0v) is 12.5. The standard InChI is InChI=1S/C12H16O6S2/c1-19(15,16)7-8-20(17,18)11(12(13)14)9-10-5-3-2-4-6-10/h2-6,11H,7-9H2,1H3,(H,13,14). The van der Waals surface area contributed by atoms with Crippen molar-refractivity contribution in [1.29, 1.82) is 0 Å². The SMILES string of the molecule is CS(=O)(=O)CCS(=O)(=O)C(Cc1ccccc1)C(=O)O. The van der Waals surface area contributed by atoms with E-state index in [2.05, 4.69) is 0 Å². The van der Waals surface area contributed by atoms with Crippen molar-refractivity contribution >= 4 is 25.6 Å². The molecule has 0 aliphatic rings. The molecule has 0 saturated heterocycles. The van der Waals surface area contributed by atoms with E-state index in [0.717, 1.165) is 6.26 Å². The Hall–Kier alpha value is -1.41. The predicted octanol–water partition coefficient (Wildman–Crippen LogP) is 0.142. The van der Waals surface area contributed by atoms with Gasteiger partial charge in [0.2, 0.25) is 0 Å². The second kappa shape index (κ2) is 6.36. The van der Waals surface area contributed by atoms with Gasteiger partial charge in [0.05, 0.1) is 11.5 Å². The van der Waals surface area contributed by atoms with Gasteiger partial charge in [-0.1, -0.05) is 30.3 Å². The largest absolute Gasteiger partial charge is 0.480 e. The first kappa shape index (κ1) is 16.6. The van der Waals surface area contributed by atoms with Crippen LogP contribution in [0.3, 0.4) is 0 Å². The minimum atomic E-state index is -4.03. The molecule has 0 aliphatic carbocycles. The Kier molecular flexibility index (Phi) is 5.29. The van der Waals surface area contributed by atoms with E-state index in [1.807, 2.05) is 0 Å². The van der Waals surface area contributed by atoms with Crippen molar-refractivity contribution in [3.05, 3.63) is 35.9 Å². The number of aliphatic carboxylic acids is 1. The number of hydrogen-bond acceptors (Lipinski definition) is 5. The van der Waals surface area contributed by atoms with Crippen LogP contribution in [0.4, 0.5) is 0 Å². The minimum absolute atomic E-state index is 0.178. The van der Waals surface area contributed by atoms with Gasteiger partial charge < -0.3 is 5.11 Å². The van der Waals surface area contributed by atoms with Crippen molar-refractivity contribution < 1.29 is 26.7 Å². The van der Waals surface area contributed by atoms with E-state index < -0.39 is 42.4 Å². The van der Waals surface area contributed by atoms with Gasteiger partial charge in [0, 0.05) is 6.26 Å². The van der Waals surface area contributed by atoms with Crippen molar-refractivity contribution in [1.82, 2.24) is 0 Å². The molecule has 0 fully saturated rings. The van der Waals surface area contributed by atoms with Crippen LogP contribution in [0.15, 0.2) is 30.3 Å². The topological polar surface area (TPSA) is 106 Å². The number of carboxylic acid groups (broad SMARTS) is 1. The summed E-state index contributed by atoms with van der Waals surface area (Å²) in [6.45, 7) is 0. The number of hydrogen-bond donors (Lipinski definition) is 1. The van der Waals surface area contributed by atoms with Crippen LogP contribution in [0.25, 0.3) is 0 Å². The Morgan fingerprint density at radius 3 is 2.10 bits per heavy atom. The third-order valence-electron chi connectivity index (χ3n) is 2.71. The number of carbonyl (C=O) groups is 1. The van der Waals surface area contributed by atoms with Crippen LogP contribution in [0, 0.1) is 0 Å². The fourth-order valence-electron chi connectivity index (χ4n) is 1.61. The summed E-state index contributed by atoms with van der Waals surface area (Å²) in [5, 5.41) is 7.44. The predicted molar refractivity (Wildman–Crippen MR) is 75.1 cm³/mol. The molecule has 8 heteroatoms. The van der Waals surface area contributed by atoms with Crippen LogP contribution < -0.4 is 0 Å². The molecule has 20 heavy (non-hydrogen) atoms. The lowest BCUT2D eigenvalue weighted by atomic mass is 10.1. The smallest absolute Gasteiger partial charge is 0.322 e. The van der Waals surface area contributed by atoms with Crippen LogP contribution in [0.1, 0.15) is 5.56 Å². The van der Waals surface area contributed by atoms with Gasteiger partial charge in [0.1, 0.15) is 9.84 Å². The average Bonchev–Trinajstić information content (AvgIpc) is 2.34. The highest BCUT2D eigenvalue weighted by molar-refractivity contribution is 7.95. The summed E-state index contributed by atoms with van der Waals surface area (Å²) in [7, 11) is -7.49. The maximum Gasteiger partial charge on any atom is 0.322 e. The lowest BCUT2D eigenvalue weighted by Crippen LogP contribution is -2.35. The van der Waals surface area contributed by atoms with Gasteiger partial charge in [-0.05, 0) is 12.0 Å². The zero-order valence-electron chi connectivity index (χ0n) is 10.9. The van der Waals surface area contributed by atoms with Crippen LogP contribution in [0.2, 0.25) is 0 Å². The highest BCUT2D eigenvalue weighted by atomic mass is 32.2. The molecule has 1 atom stereocenters. The molecule has 0 radical (unpaired) electrons. The van der Waals surface area contributed by atoms with E-state index in [1.165, 1.54) is 0 Å². The molecule has 1 rings (SSSR count). The Bertz CT molecular complexity index is 661. The van der Waals surface area contributed by atoms with Gasteiger partial charge in [0.15, 0.2) is 15.1 Å². The summed E-state index contributed by atoms with van der Waals surface area (Å²) < 4.78 is 46.0. The van der Waals surface area contributed by atoms with Crippen LogP contribution in [0.5, 0.6) is 0 Å². The summed E-state index contributed by atoms with van der Waals surface area (Å²) in [6.07, 6.45) is 0.734. The summed E-state index contributed by atoms with van der Waals surface area (Å²) in [5.41, 5.74) is 0.572. The first-order valence-electron chi connectivity index (χ1n) is 5.78. The van der Waals surface area contributed by atoms with Gasteiger partial charge >= 0.3 is 5.97 Å². The highest BCUT2D eigenvalue weighted by Gasteiger charge is 2.33. The second-order valence-corrected chi connectivity index (χ2v) is 9.08. The van der Waals surface area contributed by atoms with Gasteiger partial charge in [-0.15, -0.1) is 0 Å². The normalized spacial score (nSPS) is 13.8. The van der Waals surface area contributed by atoms with Crippen molar-refractivity contribution in [2.45, 2.75) is 11.7 Å². The fourth-order valence-corrected chi connectivity index (χ4v) is 4.78. The second-order valence-electron chi connectivity index (χ2n) is 4.51. The average molecular weight is 320 g/mol. The molecule has 1 N–H and O–H groups in total. The zero-order chi connectivity index (χ0) is 15.4. The molecule has 1 unspecified atom stereocenters. The van der Waals surface area contributed by atoms with E-state index in [4.69, 9.17) is 5.11 Å². The molecule has 112 valence electrons. The third kappa shape index (κ3) is 5.30. The molecule has 0 aromatic heterocycles. The van der Waals surface area contributed by atoms with Crippen molar-refractivity contribution in [2.75, 3.05) is 17.8 Å². The third-order valence-corrected chi connectivity index (χ3v) is 5.92. The maximum absolute atomic E-state index is 12.0. The molecular formula is C12H16O6S2. The Labute approximate surface area is 118 Å². The van der Waals surface area contributed by atoms with Crippen molar-refractivity contribution in [3.8, 4) is 0 Å². The summed E-state index contributed by atoms with van der Waals surface area (Å²) >= 11 is 0. The number of rotatable bonds is 7. The molecule has 0 heterocycles. The first-order chi connectivity index (χ1) is 9.12. The lowest BCUT2D eigenvalue weighted by Gasteiger charge is -2.13. The molecular weight excluding hydrogens is 304 g/mol. The highest BCUT2D eigenvalue weighted by Crippen LogP contribution is 2.12. The fraction of sp³-hybridized carbons (Fsp3) is 0.417. The summed E-state index contributed by atoms with van der Waals surface area (Å²) in [4.78, 5) is 11.1. The molecule has 0 spiro atoms. The Morgan fingerprint density at radius 2 is 1.65 bits per heavy atom. The van der Waals surface area contributed by atoms with Crippen LogP contribution >= 0.6 is 0 Å². The van der Waals surface area contributed by atoms with Gasteiger partial charge in [0.25, 0.3) is 0 Å². The van der Waals surface area contributed by atoms with Gasteiger partial charge in [-0.3, -0.25) is 4.79 Å². The summed E-state index contributed by atoms with van der Waals surface area (Å²) in [6, 6.07) is 8.34. The molecule has 6 nitrogen and oxygen atoms in total. The lowest BCUT2D eigenvalue weighted by molar-refractivity contribution is -0.136.